The lowest BCUT2D eigenvalue weighted by atomic mass is 10.1. The van der Waals surface area contributed by atoms with E-state index in [1.165, 1.54) is 37.7 Å². The van der Waals surface area contributed by atoms with Crippen LogP contribution in [0.2, 0.25) is 0 Å². The van der Waals surface area contributed by atoms with E-state index in [1.807, 2.05) is 4.90 Å². The smallest absolute Gasteiger partial charge is 0.258 e. The molecule has 3 aromatic heterocycles. The fourth-order valence-electron chi connectivity index (χ4n) is 5.34. The number of rotatable bonds is 6. The zero-order valence-electron chi connectivity index (χ0n) is 22.7. The van der Waals surface area contributed by atoms with Crippen LogP contribution in [-0.4, -0.2) is 51.7 Å². The minimum absolute atomic E-state index is 0.0775. The van der Waals surface area contributed by atoms with Crippen LogP contribution in [0.1, 0.15) is 16.8 Å². The Morgan fingerprint density at radius 3 is 2.67 bits per heavy atom. The molecule has 6 rings (SSSR count). The van der Waals surface area contributed by atoms with Gasteiger partial charge in [0, 0.05) is 38.6 Å². The third-order valence-corrected chi connectivity index (χ3v) is 7.40. The molecule has 0 unspecified atom stereocenters. The number of hydrogen-bond acceptors (Lipinski definition) is 7. The van der Waals surface area contributed by atoms with E-state index in [1.54, 1.807) is 29.8 Å². The minimum atomic E-state index is -1.00. The molecule has 0 bridgehead atoms. The Labute approximate surface area is 238 Å². The van der Waals surface area contributed by atoms with Crippen molar-refractivity contribution in [3.63, 3.8) is 0 Å². The molecule has 0 aliphatic carbocycles. The molecule has 42 heavy (non-hydrogen) atoms. The molecule has 4 heterocycles. The molecule has 1 atom stereocenters. The number of pyridine rings is 2. The number of carbonyl (C=O) groups is 1. The number of aryl methyl sites for hydroxylation is 1. The van der Waals surface area contributed by atoms with Gasteiger partial charge in [-0.1, -0.05) is 6.07 Å². The van der Waals surface area contributed by atoms with Crippen molar-refractivity contribution in [2.24, 2.45) is 12.8 Å². The van der Waals surface area contributed by atoms with E-state index in [0.29, 0.717) is 41.3 Å². The van der Waals surface area contributed by atoms with Crippen LogP contribution < -0.4 is 20.7 Å². The number of nitrogens with one attached hydrogen (secondary N) is 1. The molecule has 9 nitrogen and oxygen atoms in total. The molecule has 0 saturated carbocycles. The first-order chi connectivity index (χ1) is 20.3. The van der Waals surface area contributed by atoms with Crippen LogP contribution in [0.15, 0.2) is 61.1 Å². The highest BCUT2D eigenvalue weighted by molar-refractivity contribution is 6.10. The van der Waals surface area contributed by atoms with E-state index < -0.39 is 23.4 Å². The van der Waals surface area contributed by atoms with Gasteiger partial charge < -0.3 is 25.3 Å². The lowest BCUT2D eigenvalue weighted by molar-refractivity contribution is 0.102. The molecule has 0 spiro atoms. The number of nitrogens with zero attached hydrogens (tertiary/aromatic N) is 5. The second kappa shape index (κ2) is 10.8. The standard InChI is InChI=1S/C30H26F3N7O2/c1-39-22-7-6-21(28(40-13-10-16(34)15-40)26(22)38-29(39)17-8-11-35-14-20(17)32)37-30(41)18-9-12-36-27(25(18)33)24-19(31)4-3-5-23(24)42-2/h3-9,11-12,14,16H,10,13,15,34H2,1-2H3,(H,37,41)/t16-/m0/s1. The van der Waals surface area contributed by atoms with Crippen LogP contribution in [-0.2, 0) is 7.05 Å². The number of anilines is 2. The molecule has 0 radical (unpaired) electrons. The van der Waals surface area contributed by atoms with Crippen molar-refractivity contribution in [1.29, 1.82) is 0 Å². The first-order valence-corrected chi connectivity index (χ1v) is 13.2. The second-order valence-electron chi connectivity index (χ2n) is 9.97. The number of benzene rings is 2. The van der Waals surface area contributed by atoms with Crippen LogP contribution in [0.3, 0.4) is 0 Å². The Morgan fingerprint density at radius 1 is 1.10 bits per heavy atom. The fraction of sp³-hybridized carbons (Fsp3) is 0.200. The predicted octanol–water partition coefficient (Wildman–Crippen LogP) is 4.91. The third-order valence-electron chi connectivity index (χ3n) is 7.40. The van der Waals surface area contributed by atoms with Gasteiger partial charge in [-0.3, -0.25) is 14.8 Å². The van der Waals surface area contributed by atoms with Gasteiger partial charge in [0.2, 0.25) is 0 Å². The molecule has 2 aromatic carbocycles. The molecule has 12 heteroatoms. The van der Waals surface area contributed by atoms with Gasteiger partial charge in [0.05, 0.1) is 46.9 Å². The minimum Gasteiger partial charge on any atom is -0.496 e. The number of imidazole rings is 1. The van der Waals surface area contributed by atoms with Crippen molar-refractivity contribution >= 4 is 28.3 Å². The second-order valence-corrected chi connectivity index (χ2v) is 9.97. The zero-order valence-corrected chi connectivity index (χ0v) is 22.7. The molecule has 1 fully saturated rings. The topological polar surface area (TPSA) is 111 Å². The van der Waals surface area contributed by atoms with Crippen molar-refractivity contribution in [2.75, 3.05) is 30.4 Å². The average Bonchev–Trinajstić information content (AvgIpc) is 3.56. The highest BCUT2D eigenvalue weighted by Gasteiger charge is 2.28. The summed E-state index contributed by atoms with van der Waals surface area (Å²) in [6, 6.07) is 10.2. The molecule has 1 amide bonds. The third kappa shape index (κ3) is 4.59. The molecular formula is C30H26F3N7O2. The number of halogens is 3. The van der Waals surface area contributed by atoms with E-state index in [-0.39, 0.29) is 34.2 Å². The number of ether oxygens (including phenoxy) is 1. The maximum atomic E-state index is 15.8. The molecule has 3 N–H and O–H groups in total. The Hall–Kier alpha value is -4.97. The predicted molar refractivity (Wildman–Crippen MR) is 153 cm³/mol. The lowest BCUT2D eigenvalue weighted by Crippen LogP contribution is -2.27. The van der Waals surface area contributed by atoms with Crippen molar-refractivity contribution in [2.45, 2.75) is 12.5 Å². The normalized spacial score (nSPS) is 14.9. The summed E-state index contributed by atoms with van der Waals surface area (Å²) in [5.74, 6) is -2.59. The first kappa shape index (κ1) is 27.2. The van der Waals surface area contributed by atoms with Crippen LogP contribution in [0.25, 0.3) is 33.7 Å². The van der Waals surface area contributed by atoms with Crippen molar-refractivity contribution in [1.82, 2.24) is 19.5 Å². The van der Waals surface area contributed by atoms with Gasteiger partial charge in [0.1, 0.15) is 28.6 Å². The van der Waals surface area contributed by atoms with Gasteiger partial charge in [-0.15, -0.1) is 0 Å². The Morgan fingerprint density at radius 2 is 1.93 bits per heavy atom. The number of fused-ring (bicyclic) bond motifs is 1. The number of aromatic nitrogens is 4. The van der Waals surface area contributed by atoms with E-state index in [0.717, 1.165) is 18.7 Å². The summed E-state index contributed by atoms with van der Waals surface area (Å²) >= 11 is 0. The largest absolute Gasteiger partial charge is 0.496 e. The summed E-state index contributed by atoms with van der Waals surface area (Å²) in [5.41, 5.74) is 7.76. The van der Waals surface area contributed by atoms with Gasteiger partial charge in [-0.2, -0.15) is 0 Å². The maximum absolute atomic E-state index is 15.8. The highest BCUT2D eigenvalue weighted by atomic mass is 19.1. The van der Waals surface area contributed by atoms with Gasteiger partial charge in [-0.25, -0.2) is 18.2 Å². The molecule has 214 valence electrons. The lowest BCUT2D eigenvalue weighted by Gasteiger charge is -2.23. The molecule has 5 aromatic rings. The van der Waals surface area contributed by atoms with Gasteiger partial charge in [0.15, 0.2) is 11.6 Å². The van der Waals surface area contributed by atoms with E-state index in [9.17, 15) is 13.6 Å². The van der Waals surface area contributed by atoms with Gasteiger partial charge in [-0.05, 0) is 42.8 Å². The molecule has 1 aliphatic heterocycles. The number of nitrogens with two attached hydrogens (primary N) is 1. The summed E-state index contributed by atoms with van der Waals surface area (Å²) in [6.45, 7) is 1.10. The SMILES string of the molecule is COc1cccc(F)c1-c1nccc(C(=O)Nc2ccc3c(nc(-c4ccncc4F)n3C)c2N2CC[C@H](N)C2)c1F. The van der Waals surface area contributed by atoms with Crippen molar-refractivity contribution < 1.29 is 22.7 Å². The van der Waals surface area contributed by atoms with E-state index in [2.05, 4.69) is 15.3 Å². The van der Waals surface area contributed by atoms with Crippen molar-refractivity contribution in [3.8, 4) is 28.4 Å². The Balaban J connectivity index is 1.45. The Kier molecular flexibility index (Phi) is 6.99. The zero-order chi connectivity index (χ0) is 29.5. The molecule has 1 saturated heterocycles. The average molecular weight is 574 g/mol. The summed E-state index contributed by atoms with van der Waals surface area (Å²) in [7, 11) is 3.11. The van der Waals surface area contributed by atoms with Gasteiger partial charge >= 0.3 is 0 Å². The Bertz CT molecular complexity index is 1840. The van der Waals surface area contributed by atoms with Crippen LogP contribution in [0.5, 0.6) is 5.75 Å². The number of methoxy groups -OCH3 is 1. The molecular weight excluding hydrogens is 547 g/mol. The summed E-state index contributed by atoms with van der Waals surface area (Å²) in [5, 5.41) is 2.81. The van der Waals surface area contributed by atoms with Crippen LogP contribution >= 0.6 is 0 Å². The summed E-state index contributed by atoms with van der Waals surface area (Å²) in [6.07, 6.45) is 4.56. The van der Waals surface area contributed by atoms with Gasteiger partial charge in [0.25, 0.3) is 5.91 Å². The maximum Gasteiger partial charge on any atom is 0.258 e. The number of carbonyl (C=O) groups excluding carboxylic acids is 1. The van der Waals surface area contributed by atoms with Crippen LogP contribution in [0.4, 0.5) is 24.5 Å². The van der Waals surface area contributed by atoms with E-state index in [4.69, 9.17) is 15.5 Å². The molecule has 1 aliphatic rings. The number of hydrogen-bond donors (Lipinski definition) is 2. The summed E-state index contributed by atoms with van der Waals surface area (Å²) in [4.78, 5) is 28.1. The fourth-order valence-corrected chi connectivity index (χ4v) is 5.34. The van der Waals surface area contributed by atoms with Crippen molar-refractivity contribution in [3.05, 3.63) is 84.1 Å². The van der Waals surface area contributed by atoms with Crippen LogP contribution in [0, 0.1) is 17.5 Å². The van der Waals surface area contributed by atoms with E-state index >= 15 is 4.39 Å². The monoisotopic (exact) mass is 573 g/mol. The quantitative estimate of drug-likeness (QED) is 0.297. The number of amides is 1. The highest BCUT2D eigenvalue weighted by Crippen LogP contribution is 2.39. The first-order valence-electron chi connectivity index (χ1n) is 13.2. The summed E-state index contributed by atoms with van der Waals surface area (Å²) < 4.78 is 52.1.